The summed E-state index contributed by atoms with van der Waals surface area (Å²) in [5.41, 5.74) is 0. The molecule has 5 nitrogen and oxygen atoms in total. The van der Waals surface area contributed by atoms with Gasteiger partial charge in [0.25, 0.3) is 5.91 Å². The van der Waals surface area contributed by atoms with Crippen molar-refractivity contribution in [1.29, 1.82) is 0 Å². The summed E-state index contributed by atoms with van der Waals surface area (Å²) in [5.74, 6) is 4.60. The standard InChI is InChI=1S/C6H14N2O3/c1-8(2)6(10)5(11-7)3-4-9/h5,9H,3-4,7H2,1-2H3. The van der Waals surface area contributed by atoms with Crippen LogP contribution in [0, 0.1) is 0 Å². The minimum absolute atomic E-state index is 0.110. The summed E-state index contributed by atoms with van der Waals surface area (Å²) in [7, 11) is 3.21. The highest BCUT2D eigenvalue weighted by molar-refractivity contribution is 5.80. The Hall–Kier alpha value is -0.650. The van der Waals surface area contributed by atoms with Crippen molar-refractivity contribution in [2.24, 2.45) is 5.90 Å². The van der Waals surface area contributed by atoms with E-state index in [-0.39, 0.29) is 18.9 Å². The van der Waals surface area contributed by atoms with Gasteiger partial charge in [0.1, 0.15) is 0 Å². The Kier molecular flexibility index (Phi) is 4.76. The zero-order chi connectivity index (χ0) is 8.85. The van der Waals surface area contributed by atoms with E-state index < -0.39 is 6.10 Å². The molecule has 0 bridgehead atoms. The third-order valence-corrected chi connectivity index (χ3v) is 1.27. The summed E-state index contributed by atoms with van der Waals surface area (Å²) >= 11 is 0. The summed E-state index contributed by atoms with van der Waals surface area (Å²) in [6, 6.07) is 0. The van der Waals surface area contributed by atoms with Crippen molar-refractivity contribution in [3.63, 3.8) is 0 Å². The molecule has 1 atom stereocenters. The molecule has 11 heavy (non-hydrogen) atoms. The van der Waals surface area contributed by atoms with Crippen LogP contribution >= 0.6 is 0 Å². The first-order chi connectivity index (χ1) is 5.13. The molecule has 1 unspecified atom stereocenters. The number of nitrogens with zero attached hydrogens (tertiary/aromatic N) is 1. The number of carbonyl (C=O) groups is 1. The van der Waals surface area contributed by atoms with Gasteiger partial charge < -0.3 is 10.0 Å². The molecule has 0 saturated heterocycles. The van der Waals surface area contributed by atoms with Crippen LogP contribution in [0.5, 0.6) is 0 Å². The molecule has 0 spiro atoms. The predicted octanol–water partition coefficient (Wildman–Crippen LogP) is -1.28. The number of aliphatic hydroxyl groups excluding tert-OH is 1. The second kappa shape index (κ2) is 5.06. The molecule has 0 aliphatic heterocycles. The molecule has 0 saturated carbocycles. The highest BCUT2D eigenvalue weighted by Gasteiger charge is 2.19. The molecule has 0 aliphatic carbocycles. The molecule has 0 aromatic heterocycles. The van der Waals surface area contributed by atoms with E-state index >= 15 is 0 Å². The highest BCUT2D eigenvalue weighted by atomic mass is 16.6. The molecule has 0 fully saturated rings. The Labute approximate surface area is 65.7 Å². The molecule has 5 heteroatoms. The van der Waals surface area contributed by atoms with Crippen LogP contribution < -0.4 is 5.90 Å². The molecule has 0 aromatic rings. The van der Waals surface area contributed by atoms with Crippen LogP contribution in [0.4, 0.5) is 0 Å². The van der Waals surface area contributed by atoms with Gasteiger partial charge in [-0.15, -0.1) is 0 Å². The number of amides is 1. The topological polar surface area (TPSA) is 75.8 Å². The summed E-state index contributed by atoms with van der Waals surface area (Å²) in [6.45, 7) is -0.110. The molecule has 3 N–H and O–H groups in total. The van der Waals surface area contributed by atoms with Gasteiger partial charge in [-0.05, 0) is 0 Å². The van der Waals surface area contributed by atoms with Crippen molar-refractivity contribution in [3.8, 4) is 0 Å². The summed E-state index contributed by atoms with van der Waals surface area (Å²) in [4.78, 5) is 16.8. The first-order valence-electron chi connectivity index (χ1n) is 3.31. The maximum Gasteiger partial charge on any atom is 0.253 e. The molecule has 0 heterocycles. The van der Waals surface area contributed by atoms with E-state index in [4.69, 9.17) is 11.0 Å². The molecule has 0 aromatic carbocycles. The third-order valence-electron chi connectivity index (χ3n) is 1.27. The van der Waals surface area contributed by atoms with E-state index in [1.807, 2.05) is 0 Å². The molecular weight excluding hydrogens is 148 g/mol. The van der Waals surface area contributed by atoms with Crippen LogP contribution in [0.25, 0.3) is 0 Å². The van der Waals surface area contributed by atoms with Crippen LogP contribution in [0.3, 0.4) is 0 Å². The lowest BCUT2D eigenvalue weighted by Crippen LogP contribution is -2.37. The summed E-state index contributed by atoms with van der Waals surface area (Å²) in [5, 5.41) is 8.49. The molecule has 66 valence electrons. The maximum absolute atomic E-state index is 11.1. The lowest BCUT2D eigenvalue weighted by molar-refractivity contribution is -0.142. The zero-order valence-corrected chi connectivity index (χ0v) is 6.78. The maximum atomic E-state index is 11.1. The van der Waals surface area contributed by atoms with Crippen molar-refractivity contribution < 1.29 is 14.7 Å². The van der Waals surface area contributed by atoms with Gasteiger partial charge in [-0.25, -0.2) is 5.90 Å². The molecular formula is C6H14N2O3. The Bertz CT molecular complexity index is 127. The number of hydrogen-bond acceptors (Lipinski definition) is 4. The fourth-order valence-corrected chi connectivity index (χ4v) is 0.655. The number of nitrogens with two attached hydrogens (primary N) is 1. The van der Waals surface area contributed by atoms with Gasteiger partial charge in [0.15, 0.2) is 6.10 Å². The van der Waals surface area contributed by atoms with Gasteiger partial charge >= 0.3 is 0 Å². The quantitative estimate of drug-likeness (QED) is 0.505. The van der Waals surface area contributed by atoms with Crippen LogP contribution in [0.1, 0.15) is 6.42 Å². The van der Waals surface area contributed by atoms with Crippen LogP contribution in [-0.2, 0) is 9.63 Å². The fraction of sp³-hybridized carbons (Fsp3) is 0.833. The summed E-state index contributed by atoms with van der Waals surface area (Å²) < 4.78 is 0. The second-order valence-electron chi connectivity index (χ2n) is 2.37. The normalized spacial score (nSPS) is 12.7. The first-order valence-corrected chi connectivity index (χ1v) is 3.31. The Morgan fingerprint density at radius 2 is 2.27 bits per heavy atom. The number of hydrogen-bond donors (Lipinski definition) is 2. The van der Waals surface area contributed by atoms with Gasteiger partial charge in [0, 0.05) is 27.1 Å². The lowest BCUT2D eigenvalue weighted by Gasteiger charge is -2.17. The number of likely N-dealkylation sites (N-methyl/N-ethyl adjacent to an activating group) is 1. The van der Waals surface area contributed by atoms with Crippen molar-refractivity contribution >= 4 is 5.91 Å². The van der Waals surface area contributed by atoms with Gasteiger partial charge in [-0.3, -0.25) is 9.63 Å². The average molecular weight is 162 g/mol. The lowest BCUT2D eigenvalue weighted by atomic mass is 10.2. The van der Waals surface area contributed by atoms with Crippen LogP contribution in [0.2, 0.25) is 0 Å². The second-order valence-corrected chi connectivity index (χ2v) is 2.37. The molecule has 1 amide bonds. The molecule has 0 rings (SSSR count). The van der Waals surface area contributed by atoms with Gasteiger partial charge in [0.05, 0.1) is 0 Å². The van der Waals surface area contributed by atoms with Crippen molar-refractivity contribution in [2.45, 2.75) is 12.5 Å². The van der Waals surface area contributed by atoms with Gasteiger partial charge in [0.2, 0.25) is 0 Å². The van der Waals surface area contributed by atoms with E-state index in [0.29, 0.717) is 0 Å². The number of carbonyl (C=O) groups excluding carboxylic acids is 1. The van der Waals surface area contributed by atoms with E-state index in [2.05, 4.69) is 4.84 Å². The van der Waals surface area contributed by atoms with Crippen LogP contribution in [0.15, 0.2) is 0 Å². The molecule has 0 aliphatic rings. The van der Waals surface area contributed by atoms with Gasteiger partial charge in [-0.2, -0.15) is 0 Å². The van der Waals surface area contributed by atoms with Crippen molar-refractivity contribution in [2.75, 3.05) is 20.7 Å². The largest absolute Gasteiger partial charge is 0.396 e. The Morgan fingerprint density at radius 1 is 1.73 bits per heavy atom. The van der Waals surface area contributed by atoms with Crippen molar-refractivity contribution in [1.82, 2.24) is 4.90 Å². The minimum atomic E-state index is -0.727. The van der Waals surface area contributed by atoms with E-state index in [9.17, 15) is 4.79 Å². The number of aliphatic hydroxyl groups is 1. The predicted molar refractivity (Wildman–Crippen MR) is 39.5 cm³/mol. The van der Waals surface area contributed by atoms with E-state index in [0.717, 1.165) is 0 Å². The first kappa shape index (κ1) is 10.3. The highest BCUT2D eigenvalue weighted by Crippen LogP contribution is 1.97. The SMILES string of the molecule is CN(C)C(=O)C(CCO)ON. The summed E-state index contributed by atoms with van der Waals surface area (Å²) in [6.07, 6.45) is -0.497. The Balaban J connectivity index is 3.92. The van der Waals surface area contributed by atoms with Gasteiger partial charge in [-0.1, -0.05) is 0 Å². The zero-order valence-electron chi connectivity index (χ0n) is 6.78. The third kappa shape index (κ3) is 3.31. The fourth-order valence-electron chi connectivity index (χ4n) is 0.655. The van der Waals surface area contributed by atoms with Crippen LogP contribution in [-0.4, -0.2) is 42.7 Å². The molecule has 0 radical (unpaired) electrons. The average Bonchev–Trinajstić information content (AvgIpc) is 1.98. The minimum Gasteiger partial charge on any atom is -0.396 e. The monoisotopic (exact) mass is 162 g/mol. The smallest absolute Gasteiger partial charge is 0.253 e. The van der Waals surface area contributed by atoms with E-state index in [1.165, 1.54) is 4.90 Å². The van der Waals surface area contributed by atoms with E-state index in [1.54, 1.807) is 14.1 Å². The number of rotatable bonds is 4. The Morgan fingerprint density at radius 3 is 2.55 bits per heavy atom. The van der Waals surface area contributed by atoms with Crippen molar-refractivity contribution in [3.05, 3.63) is 0 Å².